The number of phosphoric ester groups is 1. The van der Waals surface area contributed by atoms with Crippen LogP contribution in [-0.2, 0) is 42.3 Å². The van der Waals surface area contributed by atoms with E-state index in [4.69, 9.17) is 29.1 Å². The van der Waals surface area contributed by atoms with Crippen molar-refractivity contribution in [2.75, 3.05) is 34.0 Å². The van der Waals surface area contributed by atoms with Crippen molar-refractivity contribution in [1.29, 1.82) is 0 Å². The molecule has 1 unspecified atom stereocenters. The van der Waals surface area contributed by atoms with Gasteiger partial charge in [0.2, 0.25) is 0 Å². The smallest absolute Gasteiger partial charge is 0.462 e. The molecule has 3 N–H and O–H groups in total. The summed E-state index contributed by atoms with van der Waals surface area (Å²) >= 11 is 0. The number of likely N-dealkylation sites (N-methyl/N-ethyl adjacent to an activating group) is 1. The number of phosphoric acid groups is 1. The average Bonchev–Trinajstić information content (AvgIpc) is 3.20. The molecule has 0 heterocycles. The zero-order chi connectivity index (χ0) is 42.2. The minimum atomic E-state index is -4.70. The molecule has 0 aromatic heterocycles. The number of hydrogen-bond acceptors (Lipinski definition) is 10. The Morgan fingerprint density at radius 3 is 1.42 bits per heavy atom. The van der Waals surface area contributed by atoms with E-state index in [0.717, 1.165) is 82.1 Å². The molecule has 0 aromatic rings. The van der Waals surface area contributed by atoms with Crippen LogP contribution >= 0.6 is 7.82 Å². The van der Waals surface area contributed by atoms with Crippen LogP contribution in [0.1, 0.15) is 194 Å². The number of carbonyl (C=O) groups excluding carboxylic acids is 3. The van der Waals surface area contributed by atoms with Gasteiger partial charge in [-0.2, -0.15) is 0 Å². The summed E-state index contributed by atoms with van der Waals surface area (Å²) < 4.78 is 33.4. The quantitative estimate of drug-likeness (QED) is 0.0198. The van der Waals surface area contributed by atoms with Crippen molar-refractivity contribution in [2.24, 2.45) is 5.73 Å². The highest BCUT2D eigenvalue weighted by atomic mass is 31.2. The van der Waals surface area contributed by atoms with E-state index in [1.165, 1.54) is 91.2 Å². The molecule has 334 valence electrons. The van der Waals surface area contributed by atoms with Crippen LogP contribution in [0.4, 0.5) is 0 Å². The van der Waals surface area contributed by atoms with E-state index in [0.29, 0.717) is 12.8 Å². The molecule has 0 radical (unpaired) electrons. The van der Waals surface area contributed by atoms with Gasteiger partial charge in [-0.3, -0.25) is 28.3 Å². The van der Waals surface area contributed by atoms with Crippen molar-refractivity contribution in [3.8, 4) is 0 Å². The first kappa shape index (κ1) is 54.9. The van der Waals surface area contributed by atoms with Crippen molar-refractivity contribution in [3.05, 3.63) is 24.3 Å². The Hall–Kier alpha value is -2.08. The highest BCUT2D eigenvalue weighted by Gasteiger charge is 2.29. The fraction of sp³-hybridized carbons (Fsp3) is 0.841. The number of nitrogens with zero attached hydrogens (tertiary/aromatic N) is 1. The normalized spacial score (nSPS) is 13.9. The van der Waals surface area contributed by atoms with E-state index in [2.05, 4.69) is 38.2 Å². The maximum atomic E-state index is 12.7. The SMILES string of the molecule is CCCCCCCC/C=C\CCCCCCCC(=O)OC[C@H](COP(=O)(O)OC[C@H](N)C(=O)N(C)OC)OC(=O)CCCCCCC/C=C\CCCCCCCC. The number of amides is 1. The monoisotopic (exact) mass is 831 g/mol. The molecule has 57 heavy (non-hydrogen) atoms. The molecule has 0 bridgehead atoms. The van der Waals surface area contributed by atoms with Crippen LogP contribution in [0.2, 0.25) is 0 Å². The fourth-order valence-electron chi connectivity index (χ4n) is 6.08. The molecule has 0 aliphatic carbocycles. The standard InChI is InChI=1S/C44H83N2O10P/c1-5-7-9-11-13-15-17-19-21-23-25-27-29-31-33-35-42(47)53-37-40(38-54-57(50,51)55-39-41(45)44(49)46(3)52-4)56-43(48)36-34-32-30-28-26-24-22-20-18-16-14-12-10-8-6-2/h19-22,40-41H,5-18,23-39,45H2,1-4H3,(H,50,51)/b21-19-,22-20-/t40-,41+/m1/s1. The second kappa shape index (κ2) is 39.4. The summed E-state index contributed by atoms with van der Waals surface area (Å²) in [7, 11) is -2.09. The lowest BCUT2D eigenvalue weighted by Crippen LogP contribution is -2.44. The molecule has 0 fully saturated rings. The van der Waals surface area contributed by atoms with Gasteiger partial charge >= 0.3 is 19.8 Å². The van der Waals surface area contributed by atoms with Gasteiger partial charge in [0.1, 0.15) is 12.6 Å². The lowest BCUT2D eigenvalue weighted by atomic mass is 10.1. The minimum Gasteiger partial charge on any atom is -0.462 e. The molecule has 0 aliphatic heterocycles. The maximum absolute atomic E-state index is 12.7. The van der Waals surface area contributed by atoms with Gasteiger partial charge in [-0.05, 0) is 64.2 Å². The molecule has 0 aromatic carbocycles. The van der Waals surface area contributed by atoms with E-state index in [1.54, 1.807) is 0 Å². The summed E-state index contributed by atoms with van der Waals surface area (Å²) in [5.41, 5.74) is 5.73. The van der Waals surface area contributed by atoms with E-state index in [9.17, 15) is 23.8 Å². The van der Waals surface area contributed by atoms with Crippen LogP contribution in [0.3, 0.4) is 0 Å². The predicted octanol–water partition coefficient (Wildman–Crippen LogP) is 11.0. The largest absolute Gasteiger partial charge is 0.472 e. The Kier molecular flexibility index (Phi) is 37.9. The van der Waals surface area contributed by atoms with Crippen molar-refractivity contribution in [2.45, 2.75) is 206 Å². The van der Waals surface area contributed by atoms with Crippen molar-refractivity contribution in [1.82, 2.24) is 5.06 Å². The number of esters is 2. The summed E-state index contributed by atoms with van der Waals surface area (Å²) in [5, 5.41) is 0.869. The number of ether oxygens (including phenoxy) is 2. The summed E-state index contributed by atoms with van der Waals surface area (Å²) in [4.78, 5) is 52.3. The Morgan fingerprint density at radius 2 is 0.982 bits per heavy atom. The topological polar surface area (TPSA) is 164 Å². The van der Waals surface area contributed by atoms with Crippen LogP contribution < -0.4 is 5.73 Å². The van der Waals surface area contributed by atoms with E-state index >= 15 is 0 Å². The first-order chi connectivity index (χ1) is 27.6. The number of carbonyl (C=O) groups is 3. The van der Waals surface area contributed by atoms with Gasteiger partial charge < -0.3 is 20.1 Å². The number of nitrogens with two attached hydrogens (primary N) is 1. The van der Waals surface area contributed by atoms with Gasteiger partial charge in [-0.1, -0.05) is 141 Å². The second-order valence-electron chi connectivity index (χ2n) is 15.1. The molecular weight excluding hydrogens is 747 g/mol. The molecule has 0 spiro atoms. The van der Waals surface area contributed by atoms with E-state index < -0.39 is 51.0 Å². The van der Waals surface area contributed by atoms with Gasteiger partial charge in [0.05, 0.1) is 20.3 Å². The van der Waals surface area contributed by atoms with Gasteiger partial charge in [0, 0.05) is 19.9 Å². The van der Waals surface area contributed by atoms with Gasteiger partial charge in [-0.25, -0.2) is 9.63 Å². The third-order valence-corrected chi connectivity index (χ3v) is 10.7. The van der Waals surface area contributed by atoms with E-state index in [-0.39, 0.29) is 19.4 Å². The molecule has 0 saturated heterocycles. The predicted molar refractivity (Wildman–Crippen MR) is 229 cm³/mol. The Bertz CT molecular complexity index is 1090. The average molecular weight is 831 g/mol. The molecular formula is C44H83N2O10P. The summed E-state index contributed by atoms with van der Waals surface area (Å²) in [5.74, 6) is -1.63. The minimum absolute atomic E-state index is 0.161. The summed E-state index contributed by atoms with van der Waals surface area (Å²) in [6.45, 7) is 2.96. The third kappa shape index (κ3) is 36.7. The Labute approximate surface area is 347 Å². The molecule has 13 heteroatoms. The second-order valence-corrected chi connectivity index (χ2v) is 16.6. The molecule has 0 rings (SSSR count). The highest BCUT2D eigenvalue weighted by Crippen LogP contribution is 2.43. The number of rotatable bonds is 41. The molecule has 0 saturated carbocycles. The van der Waals surface area contributed by atoms with Crippen LogP contribution in [0.25, 0.3) is 0 Å². The van der Waals surface area contributed by atoms with Crippen molar-refractivity contribution < 1.29 is 47.2 Å². The molecule has 3 atom stereocenters. The Morgan fingerprint density at radius 1 is 0.596 bits per heavy atom. The Balaban J connectivity index is 4.56. The lowest BCUT2D eigenvalue weighted by molar-refractivity contribution is -0.170. The van der Waals surface area contributed by atoms with Gasteiger partial charge in [-0.15, -0.1) is 0 Å². The van der Waals surface area contributed by atoms with Crippen molar-refractivity contribution >= 4 is 25.7 Å². The highest BCUT2D eigenvalue weighted by molar-refractivity contribution is 7.47. The van der Waals surface area contributed by atoms with Crippen LogP contribution in [0, 0.1) is 0 Å². The van der Waals surface area contributed by atoms with Crippen LogP contribution in [-0.4, -0.2) is 73.9 Å². The molecule has 0 aliphatic rings. The summed E-state index contributed by atoms with van der Waals surface area (Å²) in [6.07, 6.45) is 38.2. The zero-order valence-corrected chi connectivity index (χ0v) is 37.4. The van der Waals surface area contributed by atoms with Gasteiger partial charge in [0.15, 0.2) is 6.10 Å². The fourth-order valence-corrected chi connectivity index (χ4v) is 6.86. The molecule has 1 amide bonds. The zero-order valence-electron chi connectivity index (χ0n) is 36.5. The van der Waals surface area contributed by atoms with Crippen LogP contribution in [0.15, 0.2) is 24.3 Å². The van der Waals surface area contributed by atoms with Crippen LogP contribution in [0.5, 0.6) is 0 Å². The maximum Gasteiger partial charge on any atom is 0.472 e. The number of hydroxylamine groups is 2. The third-order valence-electron chi connectivity index (χ3n) is 9.76. The van der Waals surface area contributed by atoms with Crippen molar-refractivity contribution in [3.63, 3.8) is 0 Å². The number of hydrogen-bond donors (Lipinski definition) is 2. The number of allylic oxidation sites excluding steroid dienone is 4. The van der Waals surface area contributed by atoms with E-state index in [1.807, 2.05) is 0 Å². The number of unbranched alkanes of at least 4 members (excludes halogenated alkanes) is 22. The summed E-state index contributed by atoms with van der Waals surface area (Å²) in [6, 6.07) is -1.28. The van der Waals surface area contributed by atoms with Gasteiger partial charge in [0.25, 0.3) is 5.91 Å². The molecule has 12 nitrogen and oxygen atoms in total. The first-order valence-corrected chi connectivity index (χ1v) is 23.9. The first-order valence-electron chi connectivity index (χ1n) is 22.4. The lowest BCUT2D eigenvalue weighted by Gasteiger charge is -2.21.